The summed E-state index contributed by atoms with van der Waals surface area (Å²) in [5.41, 5.74) is 2.60. The number of rotatable bonds is 13. The van der Waals surface area contributed by atoms with Gasteiger partial charge in [0.05, 0.1) is 17.7 Å². The van der Waals surface area contributed by atoms with Gasteiger partial charge in [-0.05, 0) is 72.9 Å². The minimum Gasteiger partial charge on any atom is -0.495 e. The number of amides is 2. The van der Waals surface area contributed by atoms with E-state index in [0.29, 0.717) is 16.3 Å². The van der Waals surface area contributed by atoms with Crippen molar-refractivity contribution >= 4 is 39.1 Å². The fourth-order valence-electron chi connectivity index (χ4n) is 6.16. The van der Waals surface area contributed by atoms with Crippen LogP contribution in [0.1, 0.15) is 48.8 Å². The predicted octanol–water partition coefficient (Wildman–Crippen LogP) is 6.94. The molecule has 0 heterocycles. The van der Waals surface area contributed by atoms with E-state index in [9.17, 15) is 18.0 Å². The maximum absolute atomic E-state index is 14.8. The molecule has 1 fully saturated rings. The Kier molecular flexibility index (Phi) is 11.8. The van der Waals surface area contributed by atoms with Crippen LogP contribution in [0.3, 0.4) is 0 Å². The van der Waals surface area contributed by atoms with Gasteiger partial charge in [-0.3, -0.25) is 13.9 Å². The number of nitrogens with zero attached hydrogens (tertiary/aromatic N) is 2. The van der Waals surface area contributed by atoms with Crippen molar-refractivity contribution in [3.63, 3.8) is 0 Å². The molecule has 4 aromatic carbocycles. The Balaban J connectivity index is 1.60. The molecule has 1 unspecified atom stereocenters. The van der Waals surface area contributed by atoms with Gasteiger partial charge in [0, 0.05) is 24.0 Å². The molecule has 1 N–H and O–H groups in total. The lowest BCUT2D eigenvalue weighted by Crippen LogP contribution is -2.55. The zero-order valence-electron chi connectivity index (χ0n) is 27.3. The van der Waals surface area contributed by atoms with Gasteiger partial charge in [0.2, 0.25) is 11.8 Å². The van der Waals surface area contributed by atoms with E-state index in [0.717, 1.165) is 47.5 Å². The van der Waals surface area contributed by atoms with Crippen LogP contribution < -0.4 is 14.4 Å². The lowest BCUT2D eigenvalue weighted by atomic mass is 9.94. The molecule has 0 saturated heterocycles. The summed E-state index contributed by atoms with van der Waals surface area (Å²) in [4.78, 5) is 30.5. The summed E-state index contributed by atoms with van der Waals surface area (Å²) in [6, 6.07) is 28.9. The van der Waals surface area contributed by atoms with E-state index in [1.165, 1.54) is 24.1 Å². The van der Waals surface area contributed by atoms with Crippen LogP contribution in [0, 0.1) is 6.92 Å². The Bertz CT molecular complexity index is 1800. The number of hydrogen-bond acceptors (Lipinski definition) is 5. The predicted molar refractivity (Wildman–Crippen MR) is 190 cm³/mol. The number of hydrogen-bond donors (Lipinski definition) is 1. The molecule has 48 heavy (non-hydrogen) atoms. The maximum atomic E-state index is 14.8. The Morgan fingerprint density at radius 1 is 0.875 bits per heavy atom. The van der Waals surface area contributed by atoms with E-state index < -0.39 is 28.5 Å². The molecule has 1 atom stereocenters. The number of nitrogens with one attached hydrogen (secondary N) is 1. The monoisotopic (exact) mass is 687 g/mol. The van der Waals surface area contributed by atoms with Crippen LogP contribution in [0.15, 0.2) is 108 Å². The number of sulfonamides is 1. The molecule has 8 nitrogen and oxygen atoms in total. The summed E-state index contributed by atoms with van der Waals surface area (Å²) >= 11 is 6.36. The van der Waals surface area contributed by atoms with Gasteiger partial charge in [0.15, 0.2) is 0 Å². The van der Waals surface area contributed by atoms with Gasteiger partial charge >= 0.3 is 0 Å². The first kappa shape index (κ1) is 35.0. The molecule has 0 aromatic heterocycles. The first-order chi connectivity index (χ1) is 23.2. The second kappa shape index (κ2) is 16.2. The van der Waals surface area contributed by atoms with Crippen molar-refractivity contribution in [2.24, 2.45) is 0 Å². The fraction of sp³-hybridized carbons (Fsp3) is 0.316. The SMILES string of the molecule is COc1ccc(C)cc1N(CC(=O)N(Cc1cccc(Cl)c1)C(Cc1ccccc1)C(=O)NC1CCCCC1)S(=O)(=O)c1ccccc1. The van der Waals surface area contributed by atoms with Crippen molar-refractivity contribution in [3.8, 4) is 5.75 Å². The van der Waals surface area contributed by atoms with Crippen LogP contribution in [0.25, 0.3) is 0 Å². The third kappa shape index (κ3) is 8.76. The van der Waals surface area contributed by atoms with Crippen LogP contribution >= 0.6 is 11.6 Å². The second-order valence-corrected chi connectivity index (χ2v) is 14.5. The van der Waals surface area contributed by atoms with Crippen molar-refractivity contribution in [3.05, 3.63) is 125 Å². The highest BCUT2D eigenvalue weighted by Crippen LogP contribution is 2.34. The molecule has 1 aliphatic rings. The van der Waals surface area contributed by atoms with Gasteiger partial charge in [-0.15, -0.1) is 0 Å². The molecule has 0 bridgehead atoms. The van der Waals surface area contributed by atoms with Crippen molar-refractivity contribution in [1.82, 2.24) is 10.2 Å². The highest BCUT2D eigenvalue weighted by molar-refractivity contribution is 7.92. The number of ether oxygens (including phenoxy) is 1. The average molecular weight is 688 g/mol. The molecule has 252 valence electrons. The molecular weight excluding hydrogens is 646 g/mol. The summed E-state index contributed by atoms with van der Waals surface area (Å²) in [6.07, 6.45) is 5.19. The number of anilines is 1. The third-order valence-corrected chi connectivity index (χ3v) is 10.7. The van der Waals surface area contributed by atoms with Crippen molar-refractivity contribution in [2.45, 2.75) is 69.0 Å². The zero-order chi connectivity index (χ0) is 34.1. The van der Waals surface area contributed by atoms with Crippen LogP contribution in [-0.4, -0.2) is 50.9 Å². The van der Waals surface area contributed by atoms with Crippen LogP contribution in [-0.2, 0) is 32.6 Å². The smallest absolute Gasteiger partial charge is 0.264 e. The molecule has 5 rings (SSSR count). The molecule has 2 amide bonds. The van der Waals surface area contributed by atoms with Crippen LogP contribution in [0.2, 0.25) is 5.02 Å². The lowest BCUT2D eigenvalue weighted by molar-refractivity contribution is -0.140. The van der Waals surface area contributed by atoms with Gasteiger partial charge < -0.3 is 15.0 Å². The van der Waals surface area contributed by atoms with Gasteiger partial charge in [0.1, 0.15) is 18.3 Å². The van der Waals surface area contributed by atoms with E-state index >= 15 is 0 Å². The van der Waals surface area contributed by atoms with Gasteiger partial charge in [-0.1, -0.05) is 97.6 Å². The number of benzene rings is 4. The maximum Gasteiger partial charge on any atom is 0.264 e. The molecule has 0 spiro atoms. The Labute approximate surface area is 288 Å². The van der Waals surface area contributed by atoms with Crippen molar-refractivity contribution < 1.29 is 22.7 Å². The van der Waals surface area contributed by atoms with Crippen molar-refractivity contribution in [2.75, 3.05) is 18.0 Å². The summed E-state index contributed by atoms with van der Waals surface area (Å²) < 4.78 is 35.4. The zero-order valence-corrected chi connectivity index (χ0v) is 28.9. The van der Waals surface area contributed by atoms with Crippen molar-refractivity contribution in [1.29, 1.82) is 0 Å². The minimum atomic E-state index is -4.25. The van der Waals surface area contributed by atoms with E-state index in [1.54, 1.807) is 48.5 Å². The van der Waals surface area contributed by atoms with Crippen LogP contribution in [0.4, 0.5) is 5.69 Å². The third-order valence-electron chi connectivity index (χ3n) is 8.68. The Morgan fingerprint density at radius 3 is 2.21 bits per heavy atom. The molecule has 4 aromatic rings. The topological polar surface area (TPSA) is 96.0 Å². The summed E-state index contributed by atoms with van der Waals surface area (Å²) in [5.74, 6) is -0.519. The van der Waals surface area contributed by atoms with Gasteiger partial charge in [0.25, 0.3) is 10.0 Å². The normalized spacial score (nSPS) is 14.1. The highest BCUT2D eigenvalue weighted by Gasteiger charge is 2.36. The first-order valence-corrected chi connectivity index (χ1v) is 18.1. The Hall–Kier alpha value is -4.34. The number of halogens is 1. The molecule has 0 radical (unpaired) electrons. The quantitative estimate of drug-likeness (QED) is 0.164. The molecule has 0 aliphatic heterocycles. The standard InChI is InChI=1S/C38H42ClN3O5S/c1-28-21-22-36(47-2)34(23-28)42(48(45,46)33-19-10-5-11-20-33)27-37(43)41(26-30-15-12-16-31(39)24-30)35(25-29-13-6-3-7-14-29)38(44)40-32-17-8-4-9-18-32/h3,5-7,10-16,19-24,32,35H,4,8-9,17-18,25-27H2,1-2H3,(H,40,44). The summed E-state index contributed by atoms with van der Waals surface area (Å²) in [5, 5.41) is 3.72. The van der Waals surface area contributed by atoms with E-state index in [2.05, 4.69) is 5.32 Å². The number of carbonyl (C=O) groups excluding carboxylic acids is 2. The van der Waals surface area contributed by atoms with E-state index in [1.807, 2.05) is 49.4 Å². The number of aryl methyl sites for hydroxylation is 1. The lowest BCUT2D eigenvalue weighted by Gasteiger charge is -2.35. The van der Waals surface area contributed by atoms with Gasteiger partial charge in [-0.25, -0.2) is 8.42 Å². The van der Waals surface area contributed by atoms with E-state index in [4.69, 9.17) is 16.3 Å². The second-order valence-electron chi connectivity index (χ2n) is 12.2. The molecule has 1 aliphatic carbocycles. The Morgan fingerprint density at radius 2 is 1.54 bits per heavy atom. The minimum absolute atomic E-state index is 0.0131. The summed E-state index contributed by atoms with van der Waals surface area (Å²) in [6.45, 7) is 1.31. The van der Waals surface area contributed by atoms with E-state index in [-0.39, 0.29) is 35.5 Å². The highest BCUT2D eigenvalue weighted by atomic mass is 35.5. The fourth-order valence-corrected chi connectivity index (χ4v) is 7.81. The van der Waals surface area contributed by atoms with Crippen LogP contribution in [0.5, 0.6) is 5.75 Å². The number of methoxy groups -OCH3 is 1. The first-order valence-electron chi connectivity index (χ1n) is 16.3. The molecule has 10 heteroatoms. The number of carbonyl (C=O) groups is 2. The molecular formula is C38H42ClN3O5S. The largest absolute Gasteiger partial charge is 0.495 e. The average Bonchev–Trinajstić information content (AvgIpc) is 3.09. The molecule has 1 saturated carbocycles. The van der Waals surface area contributed by atoms with Gasteiger partial charge in [-0.2, -0.15) is 0 Å². The summed E-state index contributed by atoms with van der Waals surface area (Å²) in [7, 11) is -2.80.